The quantitative estimate of drug-likeness (QED) is 0.737. The molecule has 1 aliphatic carbocycles. The maximum absolute atomic E-state index is 10.1. The molecule has 0 aromatic carbocycles. The van der Waals surface area contributed by atoms with Crippen molar-refractivity contribution in [2.24, 2.45) is 5.92 Å². The Morgan fingerprint density at radius 1 is 1.28 bits per heavy atom. The van der Waals surface area contributed by atoms with Crippen LogP contribution in [0.5, 0.6) is 0 Å². The van der Waals surface area contributed by atoms with E-state index in [1.165, 1.54) is 45.3 Å². The van der Waals surface area contributed by atoms with Gasteiger partial charge in [0.05, 0.1) is 5.60 Å². The van der Waals surface area contributed by atoms with Crippen LogP contribution in [0.25, 0.3) is 0 Å². The minimum absolute atomic E-state index is 0.565. The average molecular weight is 272 g/mol. The van der Waals surface area contributed by atoms with Gasteiger partial charge in [0.2, 0.25) is 0 Å². The minimum atomic E-state index is -0.565. The predicted octanol–water partition coefficient (Wildman–Crippen LogP) is 1.56. The number of hydrogen-bond acceptors (Lipinski definition) is 4. The molecule has 1 heterocycles. The van der Waals surface area contributed by atoms with E-state index in [1.807, 2.05) is 13.2 Å². The lowest BCUT2D eigenvalue weighted by molar-refractivity contribution is 0.0762. The van der Waals surface area contributed by atoms with E-state index in [0.29, 0.717) is 6.04 Å². The molecule has 1 atom stereocenters. The highest BCUT2D eigenvalue weighted by atomic mass is 32.2. The van der Waals surface area contributed by atoms with Crippen molar-refractivity contribution < 1.29 is 5.11 Å². The van der Waals surface area contributed by atoms with E-state index in [0.717, 1.165) is 18.2 Å². The Hall–Kier alpha value is 0.230. The first-order chi connectivity index (χ1) is 8.59. The van der Waals surface area contributed by atoms with Crippen molar-refractivity contribution in [3.63, 3.8) is 0 Å². The molecular formula is C14H28N2OS. The van der Waals surface area contributed by atoms with Crippen LogP contribution < -0.4 is 5.32 Å². The highest BCUT2D eigenvalue weighted by Gasteiger charge is 2.28. The van der Waals surface area contributed by atoms with Crippen molar-refractivity contribution in [3.05, 3.63) is 0 Å². The van der Waals surface area contributed by atoms with Crippen LogP contribution in [0.2, 0.25) is 0 Å². The number of rotatable bonds is 7. The van der Waals surface area contributed by atoms with Gasteiger partial charge in [0.15, 0.2) is 0 Å². The van der Waals surface area contributed by atoms with Gasteiger partial charge in [-0.25, -0.2) is 0 Å². The minimum Gasteiger partial charge on any atom is -0.388 e. The largest absolute Gasteiger partial charge is 0.388 e. The summed E-state index contributed by atoms with van der Waals surface area (Å²) in [6.07, 6.45) is 7.43. The van der Waals surface area contributed by atoms with Gasteiger partial charge >= 0.3 is 0 Å². The first-order valence-corrected chi connectivity index (χ1v) is 8.65. The second-order valence-electron chi connectivity index (χ2n) is 6.33. The fraction of sp³-hybridized carbons (Fsp3) is 1.00. The summed E-state index contributed by atoms with van der Waals surface area (Å²) in [6, 6.07) is 0.605. The summed E-state index contributed by atoms with van der Waals surface area (Å²) in [5, 5.41) is 13.7. The summed E-state index contributed by atoms with van der Waals surface area (Å²) < 4.78 is 0. The molecule has 106 valence electrons. The Morgan fingerprint density at radius 3 is 2.50 bits per heavy atom. The van der Waals surface area contributed by atoms with Crippen LogP contribution in [-0.2, 0) is 0 Å². The van der Waals surface area contributed by atoms with E-state index in [4.69, 9.17) is 0 Å². The van der Waals surface area contributed by atoms with Gasteiger partial charge in [-0.15, -0.1) is 0 Å². The lowest BCUT2D eigenvalue weighted by Gasteiger charge is -2.34. The summed E-state index contributed by atoms with van der Waals surface area (Å²) in [5.74, 6) is 1.82. The molecule has 2 rings (SSSR count). The average Bonchev–Trinajstić information content (AvgIpc) is 3.12. The lowest BCUT2D eigenvalue weighted by Crippen LogP contribution is -2.48. The number of likely N-dealkylation sites (tertiary alicyclic amines) is 1. The van der Waals surface area contributed by atoms with Crippen molar-refractivity contribution in [2.45, 2.75) is 44.2 Å². The topological polar surface area (TPSA) is 35.5 Å². The van der Waals surface area contributed by atoms with E-state index in [-0.39, 0.29) is 0 Å². The molecule has 1 aliphatic heterocycles. The smallest absolute Gasteiger partial charge is 0.0833 e. The van der Waals surface area contributed by atoms with E-state index in [2.05, 4.69) is 10.2 Å². The Labute approximate surface area is 116 Å². The fourth-order valence-electron chi connectivity index (χ4n) is 2.71. The molecule has 0 aromatic heterocycles. The maximum Gasteiger partial charge on any atom is 0.0833 e. The molecule has 1 unspecified atom stereocenters. The third-order valence-electron chi connectivity index (χ3n) is 4.03. The summed E-state index contributed by atoms with van der Waals surface area (Å²) in [6.45, 7) is 6.45. The lowest BCUT2D eigenvalue weighted by atomic mass is 10.0. The number of hydrogen-bond donors (Lipinski definition) is 2. The van der Waals surface area contributed by atoms with Crippen molar-refractivity contribution in [1.29, 1.82) is 0 Å². The Kier molecular flexibility index (Phi) is 5.36. The van der Waals surface area contributed by atoms with Gasteiger partial charge in [-0.3, -0.25) is 0 Å². The van der Waals surface area contributed by atoms with Gasteiger partial charge in [-0.2, -0.15) is 11.8 Å². The first-order valence-electron chi connectivity index (χ1n) is 7.26. The second-order valence-corrected chi connectivity index (χ2v) is 7.20. The summed E-state index contributed by atoms with van der Waals surface area (Å²) in [7, 11) is 0. The van der Waals surface area contributed by atoms with E-state index in [1.54, 1.807) is 11.8 Å². The number of thioether (sulfide) groups is 1. The number of nitrogens with one attached hydrogen (secondary N) is 1. The molecule has 2 fully saturated rings. The van der Waals surface area contributed by atoms with Crippen LogP contribution in [0.1, 0.15) is 32.6 Å². The van der Waals surface area contributed by atoms with Crippen LogP contribution in [-0.4, -0.2) is 59.8 Å². The van der Waals surface area contributed by atoms with Crippen LogP contribution in [0.15, 0.2) is 0 Å². The normalized spacial score (nSPS) is 26.2. The van der Waals surface area contributed by atoms with Crippen molar-refractivity contribution >= 4 is 11.8 Å². The molecule has 1 saturated carbocycles. The molecule has 0 aromatic rings. The van der Waals surface area contributed by atoms with Gasteiger partial charge in [0, 0.05) is 24.9 Å². The zero-order valence-electron chi connectivity index (χ0n) is 11.8. The zero-order valence-corrected chi connectivity index (χ0v) is 12.6. The van der Waals surface area contributed by atoms with E-state index in [9.17, 15) is 5.11 Å². The first kappa shape index (κ1) is 14.6. The van der Waals surface area contributed by atoms with E-state index >= 15 is 0 Å². The van der Waals surface area contributed by atoms with Crippen LogP contribution in [0.4, 0.5) is 0 Å². The van der Waals surface area contributed by atoms with E-state index < -0.39 is 5.60 Å². The van der Waals surface area contributed by atoms with Gasteiger partial charge in [-0.1, -0.05) is 0 Å². The highest BCUT2D eigenvalue weighted by Crippen LogP contribution is 2.30. The van der Waals surface area contributed by atoms with Gasteiger partial charge in [0.1, 0.15) is 0 Å². The number of piperidine rings is 1. The Bertz CT molecular complexity index is 248. The third-order valence-corrected chi connectivity index (χ3v) is 4.94. The van der Waals surface area contributed by atoms with Crippen molar-refractivity contribution in [1.82, 2.24) is 10.2 Å². The molecule has 0 radical (unpaired) electrons. The number of nitrogens with zero attached hydrogens (tertiary/aromatic N) is 1. The molecule has 3 nitrogen and oxygen atoms in total. The van der Waals surface area contributed by atoms with Crippen molar-refractivity contribution in [2.75, 3.05) is 38.2 Å². The molecule has 1 saturated heterocycles. The Morgan fingerprint density at radius 2 is 1.94 bits per heavy atom. The molecule has 0 bridgehead atoms. The second kappa shape index (κ2) is 6.60. The maximum atomic E-state index is 10.1. The highest BCUT2D eigenvalue weighted by molar-refractivity contribution is 7.98. The standard InChI is InChI=1S/C14H28N2OS/c1-14(17,11-18-2)10-15-13-5-7-16(8-6-13)9-12-3-4-12/h12-13,15,17H,3-11H2,1-2H3. The molecule has 18 heavy (non-hydrogen) atoms. The molecular weight excluding hydrogens is 244 g/mol. The Balaban J connectivity index is 1.60. The number of aliphatic hydroxyl groups is 1. The zero-order chi connectivity index (χ0) is 13.0. The van der Waals surface area contributed by atoms with Gasteiger partial charge in [-0.05, 0) is 57.9 Å². The monoisotopic (exact) mass is 272 g/mol. The summed E-state index contributed by atoms with van der Waals surface area (Å²) >= 11 is 1.71. The fourth-order valence-corrected chi connectivity index (χ4v) is 3.44. The van der Waals surface area contributed by atoms with Crippen LogP contribution >= 0.6 is 11.8 Å². The molecule has 0 spiro atoms. The van der Waals surface area contributed by atoms with Crippen LogP contribution in [0.3, 0.4) is 0 Å². The molecule has 2 aliphatic rings. The van der Waals surface area contributed by atoms with Gasteiger partial charge in [0.25, 0.3) is 0 Å². The van der Waals surface area contributed by atoms with Crippen molar-refractivity contribution in [3.8, 4) is 0 Å². The third kappa shape index (κ3) is 5.08. The summed E-state index contributed by atoms with van der Waals surface area (Å²) in [5.41, 5.74) is -0.565. The van der Waals surface area contributed by atoms with Crippen LogP contribution in [0, 0.1) is 5.92 Å². The van der Waals surface area contributed by atoms with Gasteiger partial charge < -0.3 is 15.3 Å². The SMILES string of the molecule is CSCC(C)(O)CNC1CCN(CC2CC2)CC1. The molecule has 2 N–H and O–H groups in total. The molecule has 0 amide bonds. The summed E-state index contributed by atoms with van der Waals surface area (Å²) in [4.78, 5) is 2.62. The molecule has 4 heteroatoms. The predicted molar refractivity (Wildman–Crippen MR) is 79.2 cm³/mol.